The molecule has 1 N–H and O–H groups in total. The van der Waals surface area contributed by atoms with Crippen molar-refractivity contribution in [2.24, 2.45) is 0 Å². The summed E-state index contributed by atoms with van der Waals surface area (Å²) in [5.41, 5.74) is 3.59. The molecular formula is C13H14O3. The molecule has 0 fully saturated rings. The smallest absolute Gasteiger partial charge is 0.372 e. The Morgan fingerprint density at radius 1 is 1.38 bits per heavy atom. The van der Waals surface area contributed by atoms with Gasteiger partial charge >= 0.3 is 5.97 Å². The van der Waals surface area contributed by atoms with Crippen molar-refractivity contribution in [3.8, 4) is 0 Å². The number of furan rings is 1. The Bertz CT molecular complexity index is 564. The van der Waals surface area contributed by atoms with Gasteiger partial charge in [0, 0.05) is 10.9 Å². The summed E-state index contributed by atoms with van der Waals surface area (Å²) in [6.07, 6.45) is 0.664. The molecular weight excluding hydrogens is 204 g/mol. The molecule has 0 spiro atoms. The van der Waals surface area contributed by atoms with Crippen molar-refractivity contribution in [3.05, 3.63) is 34.6 Å². The summed E-state index contributed by atoms with van der Waals surface area (Å²) < 4.78 is 5.44. The predicted octanol–water partition coefficient (Wildman–Crippen LogP) is 3.31. The number of rotatable bonds is 2. The van der Waals surface area contributed by atoms with Gasteiger partial charge in [0.2, 0.25) is 5.76 Å². The Morgan fingerprint density at radius 2 is 2.06 bits per heavy atom. The minimum absolute atomic E-state index is 0.0752. The molecule has 2 aromatic rings. The van der Waals surface area contributed by atoms with Crippen LogP contribution in [0.3, 0.4) is 0 Å². The summed E-state index contributed by atoms with van der Waals surface area (Å²) in [4.78, 5) is 11.1. The number of hydrogen-bond acceptors (Lipinski definition) is 2. The second-order valence-corrected chi connectivity index (χ2v) is 4.03. The second-order valence-electron chi connectivity index (χ2n) is 4.03. The monoisotopic (exact) mass is 218 g/mol. The number of carboxylic acids is 1. The molecule has 0 bridgehead atoms. The largest absolute Gasteiger partial charge is 0.475 e. The molecule has 3 nitrogen and oxygen atoms in total. The lowest BCUT2D eigenvalue weighted by atomic mass is 10.0. The fraction of sp³-hybridized carbons (Fsp3) is 0.308. The van der Waals surface area contributed by atoms with Gasteiger partial charge in [-0.05, 0) is 37.5 Å². The van der Waals surface area contributed by atoms with Crippen LogP contribution in [0.2, 0.25) is 0 Å². The van der Waals surface area contributed by atoms with E-state index in [-0.39, 0.29) is 5.76 Å². The van der Waals surface area contributed by atoms with E-state index in [2.05, 4.69) is 0 Å². The zero-order valence-electron chi connectivity index (χ0n) is 9.63. The summed E-state index contributed by atoms with van der Waals surface area (Å²) in [7, 11) is 0. The second kappa shape index (κ2) is 3.67. The van der Waals surface area contributed by atoms with Crippen molar-refractivity contribution >= 4 is 16.9 Å². The lowest BCUT2D eigenvalue weighted by Gasteiger charge is -1.98. The first kappa shape index (κ1) is 10.7. The third kappa shape index (κ3) is 1.48. The van der Waals surface area contributed by atoms with Crippen LogP contribution < -0.4 is 0 Å². The maximum absolute atomic E-state index is 11.1. The van der Waals surface area contributed by atoms with Crippen molar-refractivity contribution in [2.75, 3.05) is 0 Å². The molecule has 0 unspecified atom stereocenters. The maximum atomic E-state index is 11.1. The molecule has 84 valence electrons. The molecule has 0 saturated carbocycles. The number of carboxylic acid groups (broad SMARTS) is 1. The Kier molecular flexibility index (Phi) is 2.46. The van der Waals surface area contributed by atoms with E-state index < -0.39 is 5.97 Å². The summed E-state index contributed by atoms with van der Waals surface area (Å²) in [5.74, 6) is -0.920. The van der Waals surface area contributed by atoms with Gasteiger partial charge in [0.25, 0.3) is 0 Å². The van der Waals surface area contributed by atoms with Gasteiger partial charge in [0.15, 0.2) is 0 Å². The van der Waals surface area contributed by atoms with Crippen LogP contribution in [0.4, 0.5) is 0 Å². The molecule has 1 aromatic heterocycles. The van der Waals surface area contributed by atoms with Crippen molar-refractivity contribution in [1.82, 2.24) is 0 Å². The molecule has 0 aliphatic carbocycles. The Morgan fingerprint density at radius 3 is 2.62 bits per heavy atom. The number of benzene rings is 1. The van der Waals surface area contributed by atoms with Crippen LogP contribution in [-0.4, -0.2) is 11.1 Å². The first-order valence-corrected chi connectivity index (χ1v) is 5.30. The zero-order valence-corrected chi connectivity index (χ0v) is 9.63. The fourth-order valence-electron chi connectivity index (χ4n) is 2.12. The van der Waals surface area contributed by atoms with Crippen molar-refractivity contribution < 1.29 is 14.3 Å². The van der Waals surface area contributed by atoms with Crippen molar-refractivity contribution in [1.29, 1.82) is 0 Å². The van der Waals surface area contributed by atoms with E-state index in [0.717, 1.165) is 22.1 Å². The van der Waals surface area contributed by atoms with Crippen LogP contribution in [0.1, 0.15) is 34.2 Å². The highest BCUT2D eigenvalue weighted by atomic mass is 16.4. The summed E-state index contributed by atoms with van der Waals surface area (Å²) in [6, 6.07) is 3.98. The topological polar surface area (TPSA) is 50.4 Å². The van der Waals surface area contributed by atoms with Crippen molar-refractivity contribution in [2.45, 2.75) is 27.2 Å². The number of aromatic carboxylic acids is 1. The van der Waals surface area contributed by atoms with Gasteiger partial charge in [-0.15, -0.1) is 0 Å². The molecule has 16 heavy (non-hydrogen) atoms. The van der Waals surface area contributed by atoms with Crippen LogP contribution in [0.15, 0.2) is 16.5 Å². The summed E-state index contributed by atoms with van der Waals surface area (Å²) in [5, 5.41) is 9.99. The van der Waals surface area contributed by atoms with Gasteiger partial charge in [-0.2, -0.15) is 0 Å². The van der Waals surface area contributed by atoms with Gasteiger partial charge in [-0.25, -0.2) is 4.79 Å². The van der Waals surface area contributed by atoms with E-state index in [1.807, 2.05) is 32.9 Å². The molecule has 0 amide bonds. The molecule has 3 heteroatoms. The first-order chi connectivity index (χ1) is 7.54. The Balaban J connectivity index is 2.87. The highest BCUT2D eigenvalue weighted by Gasteiger charge is 2.19. The molecule has 1 aromatic carbocycles. The molecule has 0 atom stereocenters. The average molecular weight is 218 g/mol. The molecule has 0 saturated heterocycles. The lowest BCUT2D eigenvalue weighted by Crippen LogP contribution is -1.97. The normalized spacial score (nSPS) is 10.9. The van der Waals surface area contributed by atoms with E-state index in [9.17, 15) is 4.79 Å². The van der Waals surface area contributed by atoms with Gasteiger partial charge in [0.05, 0.1) is 0 Å². The van der Waals surface area contributed by atoms with Gasteiger partial charge in [0.1, 0.15) is 5.58 Å². The predicted molar refractivity (Wildman–Crippen MR) is 62.0 cm³/mol. The molecule has 1 heterocycles. The molecule has 0 aliphatic heterocycles. The number of fused-ring (bicyclic) bond motifs is 1. The van der Waals surface area contributed by atoms with Gasteiger partial charge in [-0.3, -0.25) is 0 Å². The number of carbonyl (C=O) groups is 1. The van der Waals surface area contributed by atoms with E-state index in [0.29, 0.717) is 12.0 Å². The molecule has 0 radical (unpaired) electrons. The average Bonchev–Trinajstić information content (AvgIpc) is 2.56. The molecule has 2 rings (SSSR count). The maximum Gasteiger partial charge on any atom is 0.372 e. The third-order valence-electron chi connectivity index (χ3n) is 2.77. The Hall–Kier alpha value is -1.77. The van der Waals surface area contributed by atoms with Crippen LogP contribution in [-0.2, 0) is 6.42 Å². The van der Waals surface area contributed by atoms with Crippen LogP contribution in [0.5, 0.6) is 0 Å². The molecule has 0 aliphatic rings. The number of aryl methyl sites for hydroxylation is 3. The van der Waals surface area contributed by atoms with E-state index in [1.54, 1.807) is 0 Å². The van der Waals surface area contributed by atoms with E-state index >= 15 is 0 Å². The SMILES string of the molecule is CCc1c(C(=O)O)oc2c(C)cc(C)cc12. The minimum Gasteiger partial charge on any atom is -0.475 e. The van der Waals surface area contributed by atoms with Crippen molar-refractivity contribution in [3.63, 3.8) is 0 Å². The van der Waals surface area contributed by atoms with Gasteiger partial charge in [-0.1, -0.05) is 13.0 Å². The minimum atomic E-state index is -0.995. The standard InChI is InChI=1S/C13H14O3/c1-4-9-10-6-7(2)5-8(3)11(10)16-12(9)13(14)15/h5-6H,4H2,1-3H3,(H,14,15). The van der Waals surface area contributed by atoms with Crippen LogP contribution in [0, 0.1) is 13.8 Å². The van der Waals surface area contributed by atoms with Crippen LogP contribution in [0.25, 0.3) is 11.0 Å². The summed E-state index contributed by atoms with van der Waals surface area (Å²) in [6.45, 7) is 5.87. The quantitative estimate of drug-likeness (QED) is 0.841. The van der Waals surface area contributed by atoms with E-state index in [1.165, 1.54) is 0 Å². The van der Waals surface area contributed by atoms with Crippen LogP contribution >= 0.6 is 0 Å². The van der Waals surface area contributed by atoms with E-state index in [4.69, 9.17) is 9.52 Å². The third-order valence-corrected chi connectivity index (χ3v) is 2.77. The summed E-state index contributed by atoms with van der Waals surface area (Å²) >= 11 is 0. The fourth-order valence-corrected chi connectivity index (χ4v) is 2.12. The van der Waals surface area contributed by atoms with Gasteiger partial charge < -0.3 is 9.52 Å². The zero-order chi connectivity index (χ0) is 11.9. The highest BCUT2D eigenvalue weighted by molar-refractivity contribution is 5.96. The highest BCUT2D eigenvalue weighted by Crippen LogP contribution is 2.30. The first-order valence-electron chi connectivity index (χ1n) is 5.30. The Labute approximate surface area is 93.7 Å². The lowest BCUT2D eigenvalue weighted by molar-refractivity contribution is 0.0663. The number of hydrogen-bond donors (Lipinski definition) is 1.